The molecule has 0 spiro atoms. The molecule has 1 amide bonds. The van der Waals surface area contributed by atoms with Gasteiger partial charge in [-0.05, 0) is 16.7 Å². The smallest absolute Gasteiger partial charge is 0.411 e. The minimum absolute atomic E-state index is 0.0311. The number of nitrogens with zero attached hydrogens (tertiary/aromatic N) is 1. The van der Waals surface area contributed by atoms with Gasteiger partial charge in [0.15, 0.2) is 0 Å². The lowest BCUT2D eigenvalue weighted by molar-refractivity contribution is -0.139. The summed E-state index contributed by atoms with van der Waals surface area (Å²) in [6.07, 6.45) is -0.682. The Morgan fingerprint density at radius 2 is 1.61 bits per heavy atom. The molecule has 0 saturated carbocycles. The van der Waals surface area contributed by atoms with Gasteiger partial charge in [0.25, 0.3) is 0 Å². The van der Waals surface area contributed by atoms with Gasteiger partial charge in [0, 0.05) is 5.88 Å². The first-order chi connectivity index (χ1) is 15.0. The van der Waals surface area contributed by atoms with E-state index in [1.165, 1.54) is 19.1 Å². The Morgan fingerprint density at radius 1 is 0.968 bits per heavy atom. The molecular formula is C23H22ClNO6. The average molecular weight is 444 g/mol. The zero-order chi connectivity index (χ0) is 22.4. The molecule has 0 aliphatic carbocycles. The first-order valence-electron chi connectivity index (χ1n) is 9.52. The quantitative estimate of drug-likeness (QED) is 0.384. The number of hydrogen-bond donors (Lipinski definition) is 0. The molecule has 1 heterocycles. The van der Waals surface area contributed by atoms with Gasteiger partial charge in [-0.1, -0.05) is 54.6 Å². The Hall–Kier alpha value is -3.32. The minimum Gasteiger partial charge on any atom is -0.466 e. The SMILES string of the molecule is COC(=O)C1=C(C(=O)OC)C(c2ccccc2CCl)N(C(=O)OCc2ccccc2)C1. The van der Waals surface area contributed by atoms with Gasteiger partial charge in [-0.25, -0.2) is 14.4 Å². The summed E-state index contributed by atoms with van der Waals surface area (Å²) in [6, 6.07) is 15.4. The fraction of sp³-hybridized carbons (Fsp3) is 0.261. The largest absolute Gasteiger partial charge is 0.466 e. The summed E-state index contributed by atoms with van der Waals surface area (Å²) in [7, 11) is 2.42. The molecular weight excluding hydrogens is 422 g/mol. The van der Waals surface area contributed by atoms with Crippen LogP contribution in [0.15, 0.2) is 65.7 Å². The van der Waals surface area contributed by atoms with Crippen LogP contribution in [0.2, 0.25) is 0 Å². The second-order valence-corrected chi connectivity index (χ2v) is 7.05. The molecule has 1 atom stereocenters. The lowest BCUT2D eigenvalue weighted by Gasteiger charge is -2.27. The summed E-state index contributed by atoms with van der Waals surface area (Å²) < 4.78 is 15.3. The minimum atomic E-state index is -0.903. The molecule has 162 valence electrons. The summed E-state index contributed by atoms with van der Waals surface area (Å²) in [5, 5.41) is 0. The maximum Gasteiger partial charge on any atom is 0.411 e. The number of halogens is 1. The van der Waals surface area contributed by atoms with Gasteiger partial charge in [-0.3, -0.25) is 4.90 Å². The number of esters is 2. The zero-order valence-corrected chi connectivity index (χ0v) is 17.9. The van der Waals surface area contributed by atoms with Crippen molar-refractivity contribution in [2.24, 2.45) is 0 Å². The van der Waals surface area contributed by atoms with E-state index in [1.54, 1.807) is 24.3 Å². The molecule has 1 aliphatic rings. The molecule has 7 nitrogen and oxygen atoms in total. The first kappa shape index (κ1) is 22.4. The van der Waals surface area contributed by atoms with E-state index in [0.29, 0.717) is 11.1 Å². The van der Waals surface area contributed by atoms with Crippen LogP contribution in [-0.2, 0) is 36.3 Å². The number of hydrogen-bond acceptors (Lipinski definition) is 6. The molecule has 3 rings (SSSR count). The van der Waals surface area contributed by atoms with Crippen LogP contribution in [0.1, 0.15) is 22.7 Å². The summed E-state index contributed by atoms with van der Waals surface area (Å²) in [5.41, 5.74) is 2.20. The van der Waals surface area contributed by atoms with Crippen molar-refractivity contribution in [3.63, 3.8) is 0 Å². The van der Waals surface area contributed by atoms with Crippen LogP contribution in [0.5, 0.6) is 0 Å². The number of benzene rings is 2. The molecule has 8 heteroatoms. The summed E-state index contributed by atoms with van der Waals surface area (Å²) in [4.78, 5) is 39.5. The van der Waals surface area contributed by atoms with Crippen LogP contribution in [0.4, 0.5) is 4.79 Å². The highest BCUT2D eigenvalue weighted by Crippen LogP contribution is 2.40. The standard InChI is InChI=1S/C23H22ClNO6/c1-29-21(26)18-13-25(23(28)31-14-15-8-4-3-5-9-15)20(19(18)22(27)30-2)17-11-7-6-10-16(17)12-24/h3-11,20H,12-14H2,1-2H3. The lowest BCUT2D eigenvalue weighted by atomic mass is 9.94. The van der Waals surface area contributed by atoms with Crippen molar-refractivity contribution in [2.45, 2.75) is 18.5 Å². The van der Waals surface area contributed by atoms with E-state index in [2.05, 4.69) is 0 Å². The Bertz CT molecular complexity index is 1000. The molecule has 2 aromatic rings. The Morgan fingerprint density at radius 3 is 2.26 bits per heavy atom. The number of rotatable bonds is 6. The number of carbonyl (C=O) groups excluding carboxylic acids is 3. The van der Waals surface area contributed by atoms with Crippen molar-refractivity contribution in [1.82, 2.24) is 4.90 Å². The third-order valence-corrected chi connectivity index (χ3v) is 5.30. The normalized spacial score (nSPS) is 15.6. The fourth-order valence-corrected chi connectivity index (χ4v) is 3.77. The summed E-state index contributed by atoms with van der Waals surface area (Å²) in [6.45, 7) is -0.118. The number of ether oxygens (including phenoxy) is 3. The highest BCUT2D eigenvalue weighted by atomic mass is 35.5. The van der Waals surface area contributed by atoms with Crippen LogP contribution in [0.25, 0.3) is 0 Å². The molecule has 0 saturated heterocycles. The maximum absolute atomic E-state index is 13.1. The van der Waals surface area contributed by atoms with E-state index in [4.69, 9.17) is 25.8 Å². The third-order valence-electron chi connectivity index (χ3n) is 5.01. The Kier molecular flexibility index (Phi) is 7.31. The second-order valence-electron chi connectivity index (χ2n) is 6.78. The van der Waals surface area contributed by atoms with Crippen LogP contribution < -0.4 is 0 Å². The predicted octanol–water partition coefficient (Wildman–Crippen LogP) is 3.76. The van der Waals surface area contributed by atoms with Crippen molar-refractivity contribution >= 4 is 29.6 Å². The lowest BCUT2D eigenvalue weighted by Crippen LogP contribution is -2.34. The zero-order valence-electron chi connectivity index (χ0n) is 17.2. The highest BCUT2D eigenvalue weighted by Gasteiger charge is 2.44. The number of methoxy groups -OCH3 is 2. The van der Waals surface area contributed by atoms with E-state index < -0.39 is 24.1 Å². The van der Waals surface area contributed by atoms with E-state index in [1.807, 2.05) is 30.3 Å². The van der Waals surface area contributed by atoms with E-state index >= 15 is 0 Å². The van der Waals surface area contributed by atoms with Gasteiger partial charge in [-0.2, -0.15) is 0 Å². The number of alkyl halides is 1. The maximum atomic E-state index is 13.1. The average Bonchev–Trinajstić information content (AvgIpc) is 3.22. The first-order valence-corrected chi connectivity index (χ1v) is 10.1. The summed E-state index contributed by atoms with van der Waals surface area (Å²) >= 11 is 6.11. The molecule has 2 aromatic carbocycles. The van der Waals surface area contributed by atoms with Gasteiger partial charge in [-0.15, -0.1) is 11.6 Å². The van der Waals surface area contributed by atoms with Gasteiger partial charge >= 0.3 is 18.0 Å². The predicted molar refractivity (Wildman–Crippen MR) is 113 cm³/mol. The van der Waals surface area contributed by atoms with Gasteiger partial charge in [0.05, 0.1) is 38.0 Å². The molecule has 0 bridgehead atoms. The van der Waals surface area contributed by atoms with Crippen LogP contribution in [0, 0.1) is 0 Å². The van der Waals surface area contributed by atoms with Gasteiger partial charge < -0.3 is 14.2 Å². The summed E-state index contributed by atoms with van der Waals surface area (Å²) in [5.74, 6) is -1.29. The second kappa shape index (κ2) is 10.1. The molecule has 1 aliphatic heterocycles. The molecule has 0 N–H and O–H groups in total. The van der Waals surface area contributed by atoms with Crippen molar-refractivity contribution in [3.8, 4) is 0 Å². The Balaban J connectivity index is 2.02. The highest BCUT2D eigenvalue weighted by molar-refractivity contribution is 6.17. The van der Waals surface area contributed by atoms with Crippen molar-refractivity contribution in [3.05, 3.63) is 82.4 Å². The fourth-order valence-electron chi connectivity index (χ4n) is 3.53. The van der Waals surface area contributed by atoms with Crippen LogP contribution in [0.3, 0.4) is 0 Å². The van der Waals surface area contributed by atoms with Crippen molar-refractivity contribution in [1.29, 1.82) is 0 Å². The van der Waals surface area contributed by atoms with Gasteiger partial charge in [0.1, 0.15) is 6.61 Å². The molecule has 1 unspecified atom stereocenters. The topological polar surface area (TPSA) is 82.1 Å². The Labute approximate surface area is 185 Å². The van der Waals surface area contributed by atoms with Crippen LogP contribution >= 0.6 is 11.6 Å². The number of carbonyl (C=O) groups is 3. The van der Waals surface area contributed by atoms with Crippen molar-refractivity contribution in [2.75, 3.05) is 20.8 Å². The monoisotopic (exact) mass is 443 g/mol. The molecule has 0 radical (unpaired) electrons. The molecule has 31 heavy (non-hydrogen) atoms. The van der Waals surface area contributed by atoms with Gasteiger partial charge in [0.2, 0.25) is 0 Å². The van der Waals surface area contributed by atoms with E-state index in [9.17, 15) is 14.4 Å². The molecule has 0 aromatic heterocycles. The van der Waals surface area contributed by atoms with E-state index in [-0.39, 0.29) is 30.2 Å². The van der Waals surface area contributed by atoms with E-state index in [0.717, 1.165) is 5.56 Å². The molecule has 0 fully saturated rings. The van der Waals surface area contributed by atoms with Crippen molar-refractivity contribution < 1.29 is 28.6 Å². The number of amides is 1. The van der Waals surface area contributed by atoms with Crippen LogP contribution in [-0.4, -0.2) is 43.7 Å². The third kappa shape index (κ3) is 4.72.